The lowest BCUT2D eigenvalue weighted by molar-refractivity contribution is -0.121. The molecule has 1 fully saturated rings. The number of hydrogen-bond acceptors (Lipinski definition) is 7. The van der Waals surface area contributed by atoms with Crippen LogP contribution in [-0.2, 0) is 14.8 Å². The summed E-state index contributed by atoms with van der Waals surface area (Å²) >= 11 is 7.29. The highest BCUT2D eigenvalue weighted by Gasteiger charge is 2.38. The van der Waals surface area contributed by atoms with Crippen LogP contribution >= 0.6 is 46.9 Å². The third-order valence-electron chi connectivity index (χ3n) is 6.41. The van der Waals surface area contributed by atoms with Crippen LogP contribution in [0.5, 0.6) is 0 Å². The number of carbonyl (C=O) groups excluding carboxylic acids is 2. The molecular weight excluding hydrogens is 661 g/mol. The molecule has 1 unspecified atom stereocenters. The van der Waals surface area contributed by atoms with Crippen molar-refractivity contribution >= 4 is 89.7 Å². The highest BCUT2D eigenvalue weighted by atomic mass is 127. The van der Waals surface area contributed by atoms with E-state index in [2.05, 4.69) is 15.3 Å². The average molecular weight is 686 g/mol. The number of nitrogens with one attached hydrogen (secondary N) is 1. The Hall–Kier alpha value is -2.39. The zero-order valence-electron chi connectivity index (χ0n) is 20.5. The zero-order chi connectivity index (χ0) is 26.3. The predicted octanol–water partition coefficient (Wildman–Crippen LogP) is 4.08. The number of aromatic nitrogens is 2. The van der Waals surface area contributed by atoms with Crippen molar-refractivity contribution in [1.29, 1.82) is 0 Å². The molecule has 0 radical (unpaired) electrons. The molecule has 2 aromatic carbocycles. The molecule has 9 nitrogen and oxygen atoms in total. The second-order valence-corrected chi connectivity index (χ2v) is 12.3. The largest absolute Gasteiger partial charge is 0.359 e. The van der Waals surface area contributed by atoms with Crippen molar-refractivity contribution in [3.8, 4) is 0 Å². The molecule has 1 N–H and O–H groups in total. The normalized spacial score (nSPS) is 16.4. The maximum atomic E-state index is 13.6. The standard InChI is InChI=1S/C25H24ClN5O4S2.HI/c1-15-9-21-22(13-28-15)36-24(29-21)25(33)31-8-7-30(14-19(31)12-23(32)27-2)37(34,35)20-6-4-16-10-18(26)5-3-17(16)11-20;/h3-6,9-11,13,19H,7-8,12,14H2,1-2H3,(H,27,32);1H. The number of rotatable bonds is 5. The summed E-state index contributed by atoms with van der Waals surface area (Å²) in [6, 6.07) is 11.3. The zero-order valence-corrected chi connectivity index (χ0v) is 25.3. The first-order chi connectivity index (χ1) is 17.7. The summed E-state index contributed by atoms with van der Waals surface area (Å²) in [5.41, 5.74) is 1.48. The van der Waals surface area contributed by atoms with Crippen molar-refractivity contribution in [3.63, 3.8) is 0 Å². The quantitative estimate of drug-likeness (QED) is 0.317. The Morgan fingerprint density at radius 1 is 1.13 bits per heavy atom. The maximum Gasteiger partial charge on any atom is 0.283 e. The van der Waals surface area contributed by atoms with Gasteiger partial charge in [0.15, 0.2) is 5.01 Å². The Morgan fingerprint density at radius 3 is 2.63 bits per heavy atom. The van der Waals surface area contributed by atoms with E-state index >= 15 is 0 Å². The molecule has 1 atom stereocenters. The third-order valence-corrected chi connectivity index (χ3v) is 9.50. The van der Waals surface area contributed by atoms with Crippen LogP contribution in [-0.4, -0.2) is 72.1 Å². The van der Waals surface area contributed by atoms with Crippen molar-refractivity contribution < 1.29 is 18.0 Å². The first kappa shape index (κ1) is 28.6. The second kappa shape index (κ2) is 11.4. The fourth-order valence-electron chi connectivity index (χ4n) is 4.46. The molecule has 1 saturated heterocycles. The van der Waals surface area contributed by atoms with Crippen LogP contribution in [0, 0.1) is 6.92 Å². The summed E-state index contributed by atoms with van der Waals surface area (Å²) in [6.45, 7) is 2.08. The summed E-state index contributed by atoms with van der Waals surface area (Å²) in [4.78, 5) is 36.2. The summed E-state index contributed by atoms with van der Waals surface area (Å²) < 4.78 is 29.3. The van der Waals surface area contributed by atoms with E-state index in [1.165, 1.54) is 22.7 Å². The molecule has 1 aliphatic heterocycles. The van der Waals surface area contributed by atoms with Crippen molar-refractivity contribution in [2.24, 2.45) is 0 Å². The number of halogens is 2. The third kappa shape index (κ3) is 5.64. The van der Waals surface area contributed by atoms with Gasteiger partial charge in [-0.1, -0.05) is 23.7 Å². The van der Waals surface area contributed by atoms with Crippen molar-refractivity contribution in [1.82, 2.24) is 24.5 Å². The Labute approximate surface area is 246 Å². The molecule has 0 bridgehead atoms. The number of nitrogens with zero attached hydrogens (tertiary/aromatic N) is 4. The number of thiazole rings is 1. The van der Waals surface area contributed by atoms with Crippen LogP contribution in [0.2, 0.25) is 5.02 Å². The van der Waals surface area contributed by atoms with Gasteiger partial charge in [0.2, 0.25) is 15.9 Å². The number of piperazine rings is 1. The van der Waals surface area contributed by atoms with Crippen molar-refractivity contribution in [2.75, 3.05) is 26.7 Å². The van der Waals surface area contributed by atoms with E-state index in [4.69, 9.17) is 11.6 Å². The van der Waals surface area contributed by atoms with Gasteiger partial charge < -0.3 is 10.2 Å². The van der Waals surface area contributed by atoms with Gasteiger partial charge in [-0.05, 0) is 48.0 Å². The topological polar surface area (TPSA) is 113 Å². The Balaban J connectivity index is 0.00000336. The second-order valence-electron chi connectivity index (χ2n) is 8.86. The molecular formula is C25H25ClIN5O4S2. The van der Waals surface area contributed by atoms with Crippen LogP contribution in [0.1, 0.15) is 21.9 Å². The van der Waals surface area contributed by atoms with E-state index in [-0.39, 0.29) is 71.7 Å². The smallest absolute Gasteiger partial charge is 0.283 e. The lowest BCUT2D eigenvalue weighted by Gasteiger charge is -2.40. The van der Waals surface area contributed by atoms with Crippen molar-refractivity contribution in [3.05, 3.63) is 64.4 Å². The molecule has 13 heteroatoms. The molecule has 200 valence electrons. The SMILES string of the molecule is CNC(=O)CC1CN(S(=O)(=O)c2ccc3cc(Cl)ccc3c2)CCN1C(=O)c1nc2cc(C)ncc2s1.I. The van der Waals surface area contributed by atoms with Gasteiger partial charge in [-0.2, -0.15) is 4.31 Å². The maximum absolute atomic E-state index is 13.6. The molecule has 4 aromatic rings. The summed E-state index contributed by atoms with van der Waals surface area (Å²) in [5, 5.41) is 5.01. The monoisotopic (exact) mass is 685 g/mol. The summed E-state index contributed by atoms with van der Waals surface area (Å²) in [6.07, 6.45) is 1.65. The molecule has 2 aromatic heterocycles. The molecule has 38 heavy (non-hydrogen) atoms. The molecule has 5 rings (SSSR count). The van der Waals surface area contributed by atoms with Crippen LogP contribution in [0.25, 0.3) is 21.0 Å². The van der Waals surface area contributed by atoms with Gasteiger partial charge in [0.25, 0.3) is 5.91 Å². The van der Waals surface area contributed by atoms with Crippen LogP contribution in [0.3, 0.4) is 0 Å². The molecule has 0 saturated carbocycles. The molecule has 0 spiro atoms. The Morgan fingerprint density at radius 2 is 1.87 bits per heavy atom. The Bertz CT molecular complexity index is 1650. The van der Waals surface area contributed by atoms with Gasteiger partial charge in [-0.25, -0.2) is 13.4 Å². The first-order valence-electron chi connectivity index (χ1n) is 11.6. The van der Waals surface area contributed by atoms with E-state index < -0.39 is 16.1 Å². The van der Waals surface area contributed by atoms with Gasteiger partial charge >= 0.3 is 0 Å². The number of amides is 2. The lowest BCUT2D eigenvalue weighted by atomic mass is 10.1. The van der Waals surface area contributed by atoms with Gasteiger partial charge in [0.1, 0.15) is 0 Å². The van der Waals surface area contributed by atoms with E-state index in [1.54, 1.807) is 47.5 Å². The minimum atomic E-state index is -3.87. The minimum Gasteiger partial charge on any atom is -0.359 e. The van der Waals surface area contributed by atoms with Crippen LogP contribution in [0.4, 0.5) is 0 Å². The van der Waals surface area contributed by atoms with E-state index in [9.17, 15) is 18.0 Å². The first-order valence-corrected chi connectivity index (χ1v) is 14.2. The average Bonchev–Trinajstić information content (AvgIpc) is 3.31. The van der Waals surface area contributed by atoms with Gasteiger partial charge in [-0.3, -0.25) is 14.6 Å². The number of pyridine rings is 1. The lowest BCUT2D eigenvalue weighted by Crippen LogP contribution is -2.57. The van der Waals surface area contributed by atoms with E-state index in [1.807, 2.05) is 13.0 Å². The minimum absolute atomic E-state index is 0. The number of fused-ring (bicyclic) bond motifs is 2. The van der Waals surface area contributed by atoms with E-state index in [0.717, 1.165) is 21.2 Å². The molecule has 2 amide bonds. The van der Waals surface area contributed by atoms with Gasteiger partial charge in [0.05, 0.1) is 21.2 Å². The van der Waals surface area contributed by atoms with Gasteiger partial charge in [0, 0.05) is 50.0 Å². The fourth-order valence-corrected chi connectivity index (χ4v) is 7.01. The summed E-state index contributed by atoms with van der Waals surface area (Å²) in [7, 11) is -2.36. The highest BCUT2D eigenvalue weighted by molar-refractivity contribution is 14.0. The number of carbonyl (C=O) groups is 2. The number of hydrogen-bond donors (Lipinski definition) is 1. The van der Waals surface area contributed by atoms with Gasteiger partial charge in [-0.15, -0.1) is 35.3 Å². The highest BCUT2D eigenvalue weighted by Crippen LogP contribution is 2.28. The Kier molecular flexibility index (Phi) is 8.57. The van der Waals surface area contributed by atoms with Crippen molar-refractivity contribution in [2.45, 2.75) is 24.3 Å². The van der Waals surface area contributed by atoms with E-state index in [0.29, 0.717) is 10.5 Å². The fraction of sp³-hybridized carbons (Fsp3) is 0.280. The number of benzene rings is 2. The summed E-state index contributed by atoms with van der Waals surface area (Å²) in [5.74, 6) is -0.610. The molecule has 1 aliphatic rings. The molecule has 0 aliphatic carbocycles. The number of aryl methyl sites for hydroxylation is 1. The van der Waals surface area contributed by atoms with Crippen LogP contribution < -0.4 is 5.32 Å². The van der Waals surface area contributed by atoms with Crippen LogP contribution in [0.15, 0.2) is 53.6 Å². The number of sulfonamides is 1. The molecule has 3 heterocycles. The predicted molar refractivity (Wildman–Crippen MR) is 159 cm³/mol.